The lowest BCUT2D eigenvalue weighted by Gasteiger charge is -2.28. The highest BCUT2D eigenvalue weighted by molar-refractivity contribution is 5.94. The SMILES string of the molecule is CCC(C)C(NC(=O)C(CC(C)C)NC(=O)C(N)CCCN=C(N)N)C(=O)NC(Cc1cnc[nH]1)C(=O)O. The molecule has 3 amide bonds. The number of aromatic amines is 1. The number of guanidine groups is 1. The maximum atomic E-state index is 13.3. The number of aromatic nitrogens is 2. The standard InChI is InChI=1S/C24H43N9O5/c1-5-14(4)19(22(36)32-18(23(37)38)10-15-11-28-12-30-15)33-21(35)17(9-13(2)3)31-20(34)16(25)7-6-8-29-24(26)27/h11-14,16-19H,5-10,25H2,1-4H3,(H,28,30)(H,31,34)(H,32,36)(H,33,35)(H,37,38)(H4,26,27,29). The zero-order chi connectivity index (χ0) is 28.8. The lowest BCUT2D eigenvalue weighted by Crippen LogP contribution is -2.59. The van der Waals surface area contributed by atoms with Gasteiger partial charge in [0.1, 0.15) is 18.1 Å². The molecule has 0 spiro atoms. The zero-order valence-electron chi connectivity index (χ0n) is 22.6. The molecule has 1 heterocycles. The van der Waals surface area contributed by atoms with Gasteiger partial charge in [0.05, 0.1) is 12.4 Å². The van der Waals surface area contributed by atoms with E-state index in [1.165, 1.54) is 12.5 Å². The molecular weight excluding hydrogens is 494 g/mol. The van der Waals surface area contributed by atoms with Crippen LogP contribution in [0.1, 0.15) is 59.1 Å². The first kappa shape index (κ1) is 32.3. The van der Waals surface area contributed by atoms with Crippen molar-refractivity contribution in [3.63, 3.8) is 0 Å². The maximum absolute atomic E-state index is 13.3. The first-order valence-electron chi connectivity index (χ1n) is 12.8. The van der Waals surface area contributed by atoms with E-state index in [0.717, 1.165) is 0 Å². The molecule has 11 N–H and O–H groups in total. The van der Waals surface area contributed by atoms with Crippen molar-refractivity contribution in [2.45, 2.75) is 84.0 Å². The quantitative estimate of drug-likeness (QED) is 0.0686. The Bertz CT molecular complexity index is 932. The van der Waals surface area contributed by atoms with Gasteiger partial charge in [-0.15, -0.1) is 0 Å². The number of carboxylic acids is 1. The van der Waals surface area contributed by atoms with Crippen LogP contribution in [-0.4, -0.2) is 75.4 Å². The van der Waals surface area contributed by atoms with Gasteiger partial charge in [-0.05, 0) is 31.1 Å². The molecule has 0 bridgehead atoms. The van der Waals surface area contributed by atoms with Crippen molar-refractivity contribution in [1.29, 1.82) is 0 Å². The van der Waals surface area contributed by atoms with E-state index in [1.54, 1.807) is 6.92 Å². The van der Waals surface area contributed by atoms with Gasteiger partial charge in [0.25, 0.3) is 0 Å². The van der Waals surface area contributed by atoms with Crippen LogP contribution >= 0.6 is 0 Å². The zero-order valence-corrected chi connectivity index (χ0v) is 22.6. The second-order valence-corrected chi connectivity index (χ2v) is 9.80. The second-order valence-electron chi connectivity index (χ2n) is 9.80. The minimum Gasteiger partial charge on any atom is -0.480 e. The average Bonchev–Trinajstić information content (AvgIpc) is 3.36. The summed E-state index contributed by atoms with van der Waals surface area (Å²) < 4.78 is 0. The highest BCUT2D eigenvalue weighted by Gasteiger charge is 2.33. The molecule has 5 atom stereocenters. The Hall–Kier alpha value is -3.68. The first-order valence-corrected chi connectivity index (χ1v) is 12.8. The lowest BCUT2D eigenvalue weighted by atomic mass is 9.96. The number of carbonyl (C=O) groups excluding carboxylic acids is 3. The molecule has 5 unspecified atom stereocenters. The van der Waals surface area contributed by atoms with Crippen LogP contribution in [0.15, 0.2) is 17.5 Å². The van der Waals surface area contributed by atoms with Gasteiger partial charge in [-0.2, -0.15) is 0 Å². The normalized spacial score (nSPS) is 15.0. The van der Waals surface area contributed by atoms with Gasteiger partial charge in [-0.3, -0.25) is 19.4 Å². The number of hydrogen-bond donors (Lipinski definition) is 8. The molecule has 0 fully saturated rings. The predicted octanol–water partition coefficient (Wildman–Crippen LogP) is -1.04. The van der Waals surface area contributed by atoms with Gasteiger partial charge in [-0.25, -0.2) is 9.78 Å². The van der Waals surface area contributed by atoms with E-state index in [1.807, 2.05) is 20.8 Å². The van der Waals surface area contributed by atoms with Crippen LogP contribution in [-0.2, 0) is 25.6 Å². The molecule has 1 aromatic rings. The number of rotatable bonds is 17. The average molecular weight is 538 g/mol. The smallest absolute Gasteiger partial charge is 0.326 e. The Balaban J connectivity index is 2.93. The number of imidazole rings is 1. The van der Waals surface area contributed by atoms with Crippen LogP contribution in [0.2, 0.25) is 0 Å². The van der Waals surface area contributed by atoms with E-state index in [4.69, 9.17) is 17.2 Å². The van der Waals surface area contributed by atoms with Crippen molar-refractivity contribution in [3.05, 3.63) is 18.2 Å². The van der Waals surface area contributed by atoms with E-state index in [9.17, 15) is 24.3 Å². The number of carboxylic acid groups (broad SMARTS) is 1. The maximum Gasteiger partial charge on any atom is 0.326 e. The van der Waals surface area contributed by atoms with Crippen LogP contribution in [0.3, 0.4) is 0 Å². The van der Waals surface area contributed by atoms with Gasteiger partial charge in [0.2, 0.25) is 17.7 Å². The fourth-order valence-corrected chi connectivity index (χ4v) is 3.67. The van der Waals surface area contributed by atoms with Crippen LogP contribution in [0, 0.1) is 11.8 Å². The monoisotopic (exact) mass is 537 g/mol. The van der Waals surface area contributed by atoms with Crippen LogP contribution < -0.4 is 33.2 Å². The summed E-state index contributed by atoms with van der Waals surface area (Å²) in [5.41, 5.74) is 17.1. The fourth-order valence-electron chi connectivity index (χ4n) is 3.67. The van der Waals surface area contributed by atoms with Crippen molar-refractivity contribution < 1.29 is 24.3 Å². The minimum atomic E-state index is -1.23. The molecular formula is C24H43N9O5. The van der Waals surface area contributed by atoms with Crippen molar-refractivity contribution in [2.24, 2.45) is 34.0 Å². The third-order valence-electron chi connectivity index (χ3n) is 6.03. The molecule has 0 radical (unpaired) electrons. The molecule has 0 aliphatic heterocycles. The molecule has 38 heavy (non-hydrogen) atoms. The Morgan fingerprint density at radius 1 is 1.05 bits per heavy atom. The van der Waals surface area contributed by atoms with Crippen molar-refractivity contribution in [3.8, 4) is 0 Å². The number of nitrogens with zero attached hydrogens (tertiary/aromatic N) is 2. The molecule has 0 aromatic carbocycles. The summed E-state index contributed by atoms with van der Waals surface area (Å²) in [4.78, 5) is 61.4. The Kier molecular flexibility index (Phi) is 13.8. The van der Waals surface area contributed by atoms with Gasteiger partial charge in [-0.1, -0.05) is 34.1 Å². The Morgan fingerprint density at radius 3 is 2.24 bits per heavy atom. The van der Waals surface area contributed by atoms with Gasteiger partial charge in [0.15, 0.2) is 5.96 Å². The summed E-state index contributed by atoms with van der Waals surface area (Å²) in [6.45, 7) is 7.74. The number of amides is 3. The summed E-state index contributed by atoms with van der Waals surface area (Å²) >= 11 is 0. The van der Waals surface area contributed by atoms with E-state index >= 15 is 0 Å². The lowest BCUT2D eigenvalue weighted by molar-refractivity contribution is -0.142. The number of nitrogens with two attached hydrogens (primary N) is 3. The largest absolute Gasteiger partial charge is 0.480 e. The number of carbonyl (C=O) groups is 4. The molecule has 14 heteroatoms. The Morgan fingerprint density at radius 2 is 1.71 bits per heavy atom. The van der Waals surface area contributed by atoms with Crippen molar-refractivity contribution >= 4 is 29.7 Å². The number of nitrogens with one attached hydrogen (secondary N) is 4. The van der Waals surface area contributed by atoms with Gasteiger partial charge >= 0.3 is 5.97 Å². The van der Waals surface area contributed by atoms with E-state index in [-0.39, 0.29) is 24.2 Å². The molecule has 1 aromatic heterocycles. The summed E-state index contributed by atoms with van der Waals surface area (Å²) in [7, 11) is 0. The summed E-state index contributed by atoms with van der Waals surface area (Å²) in [6.07, 6.45) is 4.52. The molecule has 0 saturated carbocycles. The fraction of sp³-hybridized carbons (Fsp3) is 0.667. The molecule has 214 valence electrons. The van der Waals surface area contributed by atoms with Crippen LogP contribution in [0.4, 0.5) is 0 Å². The summed E-state index contributed by atoms with van der Waals surface area (Å²) in [6, 6.07) is -4.06. The summed E-state index contributed by atoms with van der Waals surface area (Å²) in [5.74, 6) is -3.23. The highest BCUT2D eigenvalue weighted by Crippen LogP contribution is 2.12. The number of H-pyrrole nitrogens is 1. The van der Waals surface area contributed by atoms with E-state index in [2.05, 4.69) is 30.9 Å². The van der Waals surface area contributed by atoms with Gasteiger partial charge < -0.3 is 43.2 Å². The number of aliphatic carboxylic acids is 1. The van der Waals surface area contributed by atoms with Gasteiger partial charge in [0, 0.05) is 24.9 Å². The topological polar surface area (TPSA) is 244 Å². The van der Waals surface area contributed by atoms with Crippen molar-refractivity contribution in [1.82, 2.24) is 25.9 Å². The van der Waals surface area contributed by atoms with Crippen LogP contribution in [0.25, 0.3) is 0 Å². The highest BCUT2D eigenvalue weighted by atomic mass is 16.4. The molecule has 0 aliphatic rings. The molecule has 0 aliphatic carbocycles. The third kappa shape index (κ3) is 11.6. The van der Waals surface area contributed by atoms with E-state index in [0.29, 0.717) is 37.9 Å². The first-order chi connectivity index (χ1) is 17.8. The predicted molar refractivity (Wildman–Crippen MR) is 143 cm³/mol. The Labute approximate surface area is 223 Å². The number of aliphatic imine (C=N–C) groups is 1. The molecule has 0 saturated heterocycles. The van der Waals surface area contributed by atoms with E-state index < -0.39 is 47.9 Å². The molecule has 1 rings (SSSR count). The second kappa shape index (κ2) is 16.2. The van der Waals surface area contributed by atoms with Crippen LogP contribution in [0.5, 0.6) is 0 Å². The molecule has 14 nitrogen and oxygen atoms in total. The third-order valence-corrected chi connectivity index (χ3v) is 6.03. The summed E-state index contributed by atoms with van der Waals surface area (Å²) in [5, 5.41) is 17.5. The number of hydrogen-bond acceptors (Lipinski definition) is 7. The minimum absolute atomic E-state index is 0.00461. The van der Waals surface area contributed by atoms with Crippen molar-refractivity contribution in [2.75, 3.05) is 6.54 Å².